The van der Waals surface area contributed by atoms with Crippen LogP contribution in [0.3, 0.4) is 0 Å². The van der Waals surface area contributed by atoms with Gasteiger partial charge in [0.1, 0.15) is 24.2 Å². The summed E-state index contributed by atoms with van der Waals surface area (Å²) in [5, 5.41) is 5.75. The average Bonchev–Trinajstić information content (AvgIpc) is 2.89. The maximum Gasteiger partial charge on any atom is 0.259 e. The fourth-order valence-corrected chi connectivity index (χ4v) is 3.43. The lowest BCUT2D eigenvalue weighted by molar-refractivity contribution is 0.0993. The average molecular weight is 467 g/mol. The van der Waals surface area contributed by atoms with E-state index in [1.807, 2.05) is 79.7 Å². The van der Waals surface area contributed by atoms with Crippen LogP contribution in [0.4, 0.5) is 11.4 Å². The van der Waals surface area contributed by atoms with Crippen LogP contribution < -0.4 is 20.1 Å². The first kappa shape index (κ1) is 23.6. The van der Waals surface area contributed by atoms with Crippen molar-refractivity contribution in [1.82, 2.24) is 0 Å². The molecule has 0 bridgehead atoms. The second kappa shape index (κ2) is 11.5. The molecule has 0 aliphatic carbocycles. The zero-order chi connectivity index (χ0) is 24.5. The van der Waals surface area contributed by atoms with Crippen molar-refractivity contribution in [2.45, 2.75) is 13.0 Å². The molecule has 0 saturated carbocycles. The van der Waals surface area contributed by atoms with Gasteiger partial charge in [0.25, 0.3) is 11.8 Å². The quantitative estimate of drug-likeness (QED) is 0.315. The van der Waals surface area contributed by atoms with Gasteiger partial charge in [0, 0.05) is 11.4 Å². The highest BCUT2D eigenvalue weighted by Gasteiger charge is 2.17. The van der Waals surface area contributed by atoms with Crippen molar-refractivity contribution in [2.75, 3.05) is 17.2 Å². The van der Waals surface area contributed by atoms with Gasteiger partial charge in [-0.05, 0) is 55.5 Å². The van der Waals surface area contributed by atoms with E-state index < -0.39 is 0 Å². The molecule has 0 radical (unpaired) electrons. The fraction of sp³-hybridized carbons (Fsp3) is 0.103. The number of carbonyl (C=O) groups is 2. The van der Waals surface area contributed by atoms with Gasteiger partial charge in [-0.15, -0.1) is 0 Å². The van der Waals surface area contributed by atoms with Crippen LogP contribution in [0.2, 0.25) is 0 Å². The Morgan fingerprint density at radius 1 is 0.629 bits per heavy atom. The number of rotatable bonds is 9. The molecule has 1 atom stereocenters. The molecule has 2 amide bonds. The molecule has 4 aromatic carbocycles. The third-order valence-electron chi connectivity index (χ3n) is 5.13. The number of nitrogens with one attached hydrogen (secondary N) is 2. The minimum Gasteiger partial charge on any atom is -0.489 e. The molecule has 0 fully saturated rings. The molecule has 6 nitrogen and oxygen atoms in total. The highest BCUT2D eigenvalue weighted by molar-refractivity contribution is 6.06. The van der Waals surface area contributed by atoms with Crippen LogP contribution in [0, 0.1) is 0 Å². The first-order valence-corrected chi connectivity index (χ1v) is 11.3. The Bertz CT molecular complexity index is 1280. The molecule has 0 saturated heterocycles. The summed E-state index contributed by atoms with van der Waals surface area (Å²) in [6, 6.07) is 32.6. The van der Waals surface area contributed by atoms with Gasteiger partial charge in [-0.25, -0.2) is 0 Å². The Morgan fingerprint density at radius 3 is 1.60 bits per heavy atom. The van der Waals surface area contributed by atoms with Gasteiger partial charge in [0.05, 0.1) is 11.1 Å². The van der Waals surface area contributed by atoms with E-state index in [2.05, 4.69) is 10.6 Å². The second-order valence-corrected chi connectivity index (χ2v) is 7.87. The molecule has 4 aromatic rings. The van der Waals surface area contributed by atoms with E-state index in [0.717, 1.165) is 0 Å². The van der Waals surface area contributed by atoms with Crippen LogP contribution in [0.25, 0.3) is 0 Å². The lowest BCUT2D eigenvalue weighted by Crippen LogP contribution is -2.24. The first-order valence-electron chi connectivity index (χ1n) is 11.3. The number of hydrogen-bond donors (Lipinski definition) is 2. The van der Waals surface area contributed by atoms with E-state index in [1.54, 1.807) is 36.4 Å². The number of para-hydroxylation sites is 4. The van der Waals surface area contributed by atoms with Crippen molar-refractivity contribution >= 4 is 23.2 Å². The smallest absolute Gasteiger partial charge is 0.259 e. The normalized spacial score (nSPS) is 11.2. The monoisotopic (exact) mass is 466 g/mol. The van der Waals surface area contributed by atoms with Gasteiger partial charge >= 0.3 is 0 Å². The van der Waals surface area contributed by atoms with Crippen molar-refractivity contribution in [2.24, 2.45) is 0 Å². The molecular formula is C29H26N2O4. The molecule has 0 aromatic heterocycles. The van der Waals surface area contributed by atoms with E-state index in [4.69, 9.17) is 9.47 Å². The Labute approximate surface area is 204 Å². The second-order valence-electron chi connectivity index (χ2n) is 7.87. The molecule has 35 heavy (non-hydrogen) atoms. The van der Waals surface area contributed by atoms with E-state index in [9.17, 15) is 9.59 Å². The largest absolute Gasteiger partial charge is 0.489 e. The molecule has 2 N–H and O–H groups in total. The van der Waals surface area contributed by atoms with Crippen molar-refractivity contribution < 1.29 is 19.1 Å². The summed E-state index contributed by atoms with van der Waals surface area (Å²) in [6.45, 7) is 2.03. The van der Waals surface area contributed by atoms with Gasteiger partial charge in [0.2, 0.25) is 0 Å². The maximum absolute atomic E-state index is 12.8. The van der Waals surface area contributed by atoms with Crippen LogP contribution >= 0.6 is 0 Å². The molecule has 0 heterocycles. The molecule has 6 heteroatoms. The molecule has 1 unspecified atom stereocenters. The van der Waals surface area contributed by atoms with Crippen LogP contribution in [-0.4, -0.2) is 24.5 Å². The summed E-state index contributed by atoms with van der Waals surface area (Å²) < 4.78 is 12.0. The maximum atomic E-state index is 12.8. The zero-order valence-electron chi connectivity index (χ0n) is 19.3. The topological polar surface area (TPSA) is 76.7 Å². The number of ether oxygens (including phenoxy) is 2. The number of benzene rings is 4. The molecule has 0 aliphatic heterocycles. The number of amides is 2. The lowest BCUT2D eigenvalue weighted by atomic mass is 10.1. The molecule has 4 rings (SSSR count). The van der Waals surface area contributed by atoms with Crippen molar-refractivity contribution in [3.8, 4) is 11.5 Å². The number of carbonyl (C=O) groups excluding carboxylic acids is 2. The Hall–Kier alpha value is -4.58. The van der Waals surface area contributed by atoms with Crippen molar-refractivity contribution in [1.29, 1.82) is 0 Å². The van der Waals surface area contributed by atoms with Gasteiger partial charge in [0.15, 0.2) is 0 Å². The van der Waals surface area contributed by atoms with Gasteiger partial charge < -0.3 is 20.1 Å². The minimum atomic E-state index is -0.383. The summed E-state index contributed by atoms with van der Waals surface area (Å²) in [4.78, 5) is 25.6. The van der Waals surface area contributed by atoms with E-state index in [-0.39, 0.29) is 24.5 Å². The Morgan fingerprint density at radius 2 is 1.06 bits per heavy atom. The van der Waals surface area contributed by atoms with Crippen LogP contribution in [0.5, 0.6) is 11.5 Å². The summed E-state index contributed by atoms with van der Waals surface area (Å²) >= 11 is 0. The number of anilines is 2. The SMILES string of the molecule is CC(COc1ccccc1C(=O)Nc1ccccc1)Oc1ccccc1C(=O)Nc1ccccc1. The van der Waals surface area contributed by atoms with Crippen LogP contribution in [-0.2, 0) is 0 Å². The van der Waals surface area contributed by atoms with E-state index in [0.29, 0.717) is 34.0 Å². The molecule has 176 valence electrons. The fourth-order valence-electron chi connectivity index (χ4n) is 3.43. The zero-order valence-corrected chi connectivity index (χ0v) is 19.3. The lowest BCUT2D eigenvalue weighted by Gasteiger charge is -2.19. The number of hydrogen-bond acceptors (Lipinski definition) is 4. The highest BCUT2D eigenvalue weighted by atomic mass is 16.5. The van der Waals surface area contributed by atoms with Crippen LogP contribution in [0.15, 0.2) is 109 Å². The van der Waals surface area contributed by atoms with Gasteiger partial charge in [-0.3, -0.25) is 9.59 Å². The summed E-state index contributed by atoms with van der Waals surface area (Å²) in [7, 11) is 0. The van der Waals surface area contributed by atoms with Crippen molar-refractivity contribution in [3.05, 3.63) is 120 Å². The Kier molecular flexibility index (Phi) is 7.76. The third kappa shape index (κ3) is 6.48. The third-order valence-corrected chi connectivity index (χ3v) is 5.13. The molecule has 0 spiro atoms. The summed E-state index contributed by atoms with van der Waals surface area (Å²) in [5.41, 5.74) is 2.25. The summed E-state index contributed by atoms with van der Waals surface area (Å²) in [5.74, 6) is 0.379. The van der Waals surface area contributed by atoms with Gasteiger partial charge in [-0.1, -0.05) is 60.7 Å². The molecular weight excluding hydrogens is 440 g/mol. The molecule has 0 aliphatic rings. The predicted octanol–water partition coefficient (Wildman–Crippen LogP) is 6.04. The van der Waals surface area contributed by atoms with Gasteiger partial charge in [-0.2, -0.15) is 0 Å². The van der Waals surface area contributed by atoms with Crippen molar-refractivity contribution in [3.63, 3.8) is 0 Å². The highest BCUT2D eigenvalue weighted by Crippen LogP contribution is 2.23. The first-order chi connectivity index (χ1) is 17.1. The van der Waals surface area contributed by atoms with E-state index in [1.165, 1.54) is 0 Å². The Balaban J connectivity index is 1.39. The van der Waals surface area contributed by atoms with E-state index >= 15 is 0 Å². The van der Waals surface area contributed by atoms with Crippen LogP contribution in [0.1, 0.15) is 27.6 Å². The summed E-state index contributed by atoms with van der Waals surface area (Å²) in [6.07, 6.45) is -0.383. The standard InChI is InChI=1S/C29H26N2O4/c1-21(35-27-19-11-9-17-25(27)29(33)31-23-14-6-3-7-15-23)20-34-26-18-10-8-16-24(26)28(32)30-22-12-4-2-5-13-22/h2-19,21H,20H2,1H3,(H,30,32)(H,31,33). The predicted molar refractivity (Wildman–Crippen MR) is 137 cm³/mol. The minimum absolute atomic E-state index is 0.185.